The molecule has 0 heterocycles. The second-order valence-corrected chi connectivity index (χ2v) is 3.52. The van der Waals surface area contributed by atoms with E-state index in [1.54, 1.807) is 0 Å². The number of rotatable bonds is 5. The van der Waals surface area contributed by atoms with Crippen molar-refractivity contribution in [3.05, 3.63) is 11.3 Å². The van der Waals surface area contributed by atoms with Gasteiger partial charge >= 0.3 is 0 Å². The van der Waals surface area contributed by atoms with Crippen LogP contribution in [0.5, 0.6) is 0 Å². The van der Waals surface area contributed by atoms with Gasteiger partial charge in [-0.2, -0.15) is 0 Å². The van der Waals surface area contributed by atoms with Crippen molar-refractivity contribution >= 4 is 22.2 Å². The first-order valence-electron chi connectivity index (χ1n) is 3.75. The maximum Gasteiger partial charge on any atom is 0.213 e. The van der Waals surface area contributed by atoms with Crippen LogP contribution in [0, 0.1) is 0 Å². The Morgan fingerprint density at radius 3 is 2.64 bits per heavy atom. The first kappa shape index (κ1) is 13.7. The Bertz CT molecular complexity index is 105. The summed E-state index contributed by atoms with van der Waals surface area (Å²) >= 11 is 0. The van der Waals surface area contributed by atoms with E-state index in [1.807, 2.05) is 0 Å². The van der Waals surface area contributed by atoms with Gasteiger partial charge in [-0.15, -0.1) is 12.4 Å². The van der Waals surface area contributed by atoms with Crippen LogP contribution in [0.3, 0.4) is 0 Å². The van der Waals surface area contributed by atoms with Gasteiger partial charge in [-0.05, 0) is 20.3 Å². The molecular weight excluding hydrogens is 178 g/mol. The van der Waals surface area contributed by atoms with E-state index in [0.29, 0.717) is 0 Å². The van der Waals surface area contributed by atoms with Gasteiger partial charge in [0.2, 0.25) is 9.76 Å². The standard InChI is InChI=1S/C7H17NOSi.ClH/c1-4-5-8-9-10-6-7(2)3;/h6,8H,4-5,10H2,1-3H3;1H. The minimum atomic E-state index is -0.430. The average molecular weight is 196 g/mol. The Kier molecular flexibility index (Phi) is 12.7. The summed E-state index contributed by atoms with van der Waals surface area (Å²) < 4.78 is 5.20. The summed E-state index contributed by atoms with van der Waals surface area (Å²) in [5, 5.41) is 0. The third-order valence-electron chi connectivity index (χ3n) is 1.03. The predicted octanol–water partition coefficient (Wildman–Crippen LogP) is 1.35. The van der Waals surface area contributed by atoms with Gasteiger partial charge in [-0.25, -0.2) is 5.48 Å². The number of hydrogen-bond acceptors (Lipinski definition) is 2. The zero-order valence-corrected chi connectivity index (χ0v) is 9.75. The second kappa shape index (κ2) is 10.2. The summed E-state index contributed by atoms with van der Waals surface area (Å²) in [6.45, 7) is 7.27. The minimum absolute atomic E-state index is 0. The van der Waals surface area contributed by atoms with Crippen molar-refractivity contribution in [3.63, 3.8) is 0 Å². The van der Waals surface area contributed by atoms with Crippen LogP contribution in [0.1, 0.15) is 27.2 Å². The predicted molar refractivity (Wildman–Crippen MR) is 54.6 cm³/mol. The molecule has 0 atom stereocenters. The number of halogens is 1. The van der Waals surface area contributed by atoms with Crippen LogP contribution in [0.15, 0.2) is 11.3 Å². The van der Waals surface area contributed by atoms with Gasteiger partial charge in [0.15, 0.2) is 0 Å². The number of allylic oxidation sites excluding steroid dienone is 1. The van der Waals surface area contributed by atoms with Crippen molar-refractivity contribution in [1.29, 1.82) is 0 Å². The molecule has 68 valence electrons. The smallest absolute Gasteiger partial charge is 0.213 e. The fourth-order valence-electron chi connectivity index (χ4n) is 0.441. The lowest BCUT2D eigenvalue weighted by molar-refractivity contribution is 0.211. The molecule has 0 unspecified atom stereocenters. The Morgan fingerprint density at radius 2 is 2.18 bits per heavy atom. The van der Waals surface area contributed by atoms with E-state index in [0.717, 1.165) is 13.0 Å². The van der Waals surface area contributed by atoms with Crippen molar-refractivity contribution in [1.82, 2.24) is 5.48 Å². The summed E-state index contributed by atoms with van der Waals surface area (Å²) in [5.41, 5.74) is 6.44. The molecule has 0 saturated carbocycles. The van der Waals surface area contributed by atoms with Gasteiger partial charge in [-0.1, -0.05) is 18.2 Å². The lowest BCUT2D eigenvalue weighted by atomic mass is 10.4. The minimum Gasteiger partial charge on any atom is -0.348 e. The van der Waals surface area contributed by atoms with E-state index in [9.17, 15) is 0 Å². The zero-order valence-electron chi connectivity index (χ0n) is 7.52. The van der Waals surface area contributed by atoms with Crippen molar-refractivity contribution in [2.75, 3.05) is 6.54 Å². The molecule has 4 heteroatoms. The topological polar surface area (TPSA) is 21.3 Å². The molecule has 0 amide bonds. The monoisotopic (exact) mass is 195 g/mol. The molecule has 0 bridgehead atoms. The van der Waals surface area contributed by atoms with Crippen LogP contribution in [-0.4, -0.2) is 16.3 Å². The Labute approximate surface area is 77.7 Å². The summed E-state index contributed by atoms with van der Waals surface area (Å²) in [7, 11) is -0.430. The highest BCUT2D eigenvalue weighted by molar-refractivity contribution is 6.34. The third-order valence-corrected chi connectivity index (χ3v) is 2.38. The molecule has 0 fully saturated rings. The van der Waals surface area contributed by atoms with E-state index in [-0.39, 0.29) is 12.4 Å². The lowest BCUT2D eigenvalue weighted by Crippen LogP contribution is -2.17. The van der Waals surface area contributed by atoms with E-state index in [4.69, 9.17) is 4.53 Å². The Hall–Kier alpha value is 0.167. The first-order valence-corrected chi connectivity index (χ1v) is 5.14. The molecule has 2 nitrogen and oxygen atoms in total. The molecule has 0 aliphatic carbocycles. The molecule has 0 radical (unpaired) electrons. The molecule has 0 aromatic heterocycles. The molecule has 0 aromatic carbocycles. The lowest BCUT2D eigenvalue weighted by Gasteiger charge is -2.00. The normalized spacial score (nSPS) is 9.73. The van der Waals surface area contributed by atoms with Crippen LogP contribution in [-0.2, 0) is 4.53 Å². The summed E-state index contributed by atoms with van der Waals surface area (Å²) in [6.07, 6.45) is 1.13. The van der Waals surface area contributed by atoms with Crippen LogP contribution >= 0.6 is 12.4 Å². The van der Waals surface area contributed by atoms with Gasteiger partial charge < -0.3 is 4.53 Å². The van der Waals surface area contributed by atoms with Crippen molar-refractivity contribution < 1.29 is 4.53 Å². The van der Waals surface area contributed by atoms with Crippen LogP contribution in [0.2, 0.25) is 0 Å². The fourth-order valence-corrected chi connectivity index (χ4v) is 1.12. The molecule has 0 spiro atoms. The highest BCUT2D eigenvalue weighted by atomic mass is 35.5. The number of hydrogen-bond donors (Lipinski definition) is 1. The molecule has 0 aromatic rings. The average Bonchev–Trinajstić information content (AvgIpc) is 1.87. The molecule has 0 aliphatic rings. The maximum absolute atomic E-state index is 5.20. The molecule has 11 heavy (non-hydrogen) atoms. The third kappa shape index (κ3) is 13.2. The largest absolute Gasteiger partial charge is 0.348 e. The van der Waals surface area contributed by atoms with Crippen molar-refractivity contribution in [3.8, 4) is 0 Å². The highest BCUT2D eigenvalue weighted by Crippen LogP contribution is 1.84. The zero-order chi connectivity index (χ0) is 7.82. The molecule has 1 N–H and O–H groups in total. The molecular formula is C7H18ClNOSi. The van der Waals surface area contributed by atoms with E-state index in [2.05, 4.69) is 32.0 Å². The van der Waals surface area contributed by atoms with Gasteiger partial charge in [0.1, 0.15) is 0 Å². The van der Waals surface area contributed by atoms with E-state index < -0.39 is 9.76 Å². The highest BCUT2D eigenvalue weighted by Gasteiger charge is 1.82. The summed E-state index contributed by atoms with van der Waals surface area (Å²) in [5.74, 6) is 0. The number of hydroxylamine groups is 1. The molecule has 0 aliphatic heterocycles. The van der Waals surface area contributed by atoms with E-state index >= 15 is 0 Å². The summed E-state index contributed by atoms with van der Waals surface area (Å²) in [6, 6.07) is 0. The second-order valence-electron chi connectivity index (χ2n) is 2.49. The maximum atomic E-state index is 5.20. The van der Waals surface area contributed by atoms with Gasteiger partial charge in [0, 0.05) is 6.54 Å². The number of nitrogens with one attached hydrogen (secondary N) is 1. The van der Waals surface area contributed by atoms with Gasteiger partial charge in [0.05, 0.1) is 0 Å². The van der Waals surface area contributed by atoms with Crippen molar-refractivity contribution in [2.24, 2.45) is 0 Å². The van der Waals surface area contributed by atoms with E-state index in [1.165, 1.54) is 5.57 Å². The Morgan fingerprint density at radius 1 is 1.55 bits per heavy atom. The quantitative estimate of drug-likeness (QED) is 0.406. The molecule has 0 saturated heterocycles. The van der Waals surface area contributed by atoms with Crippen LogP contribution < -0.4 is 5.48 Å². The first-order chi connectivity index (χ1) is 4.77. The van der Waals surface area contributed by atoms with Crippen LogP contribution in [0.25, 0.3) is 0 Å². The molecule has 0 rings (SSSR count). The van der Waals surface area contributed by atoms with Crippen molar-refractivity contribution in [2.45, 2.75) is 27.2 Å². The van der Waals surface area contributed by atoms with Crippen LogP contribution in [0.4, 0.5) is 0 Å². The van der Waals surface area contributed by atoms with Gasteiger partial charge in [-0.3, -0.25) is 0 Å². The van der Waals surface area contributed by atoms with Gasteiger partial charge in [0.25, 0.3) is 0 Å². The SMILES string of the molecule is CCCNO[SiH2]C=C(C)C.Cl. The summed E-state index contributed by atoms with van der Waals surface area (Å²) in [4.78, 5) is 0. The fraction of sp³-hybridized carbons (Fsp3) is 0.714. The Balaban J connectivity index is 0.